The standard InChI is InChI=1S/C27H30N2O8/c1-4-11-37-27(33)29-20-15-23(36-12-7-10-24(30)35-3)22(34-2)14-19(20)25(31)28-16-18-9-6-5-8-17(18)13-21(28)26(29)32/h4-6,8-9,14-15,21,26,32H,1,7,10-13,16H2,2-3H3/t21-,26?/m0/s1. The molecule has 0 bridgehead atoms. The quantitative estimate of drug-likeness (QED) is 0.327. The number of aliphatic hydroxyl groups is 1. The Morgan fingerprint density at radius 1 is 1.16 bits per heavy atom. The van der Waals surface area contributed by atoms with Crippen molar-refractivity contribution in [1.82, 2.24) is 4.90 Å². The highest BCUT2D eigenvalue weighted by Crippen LogP contribution is 2.41. The van der Waals surface area contributed by atoms with Gasteiger partial charge in [-0.1, -0.05) is 36.9 Å². The minimum absolute atomic E-state index is 0.0738. The van der Waals surface area contributed by atoms with Gasteiger partial charge in [0.1, 0.15) is 6.61 Å². The van der Waals surface area contributed by atoms with E-state index in [0.717, 1.165) is 16.0 Å². The van der Waals surface area contributed by atoms with Crippen LogP contribution in [0.2, 0.25) is 0 Å². The Morgan fingerprint density at radius 2 is 1.92 bits per heavy atom. The van der Waals surface area contributed by atoms with Crippen LogP contribution >= 0.6 is 0 Å². The third kappa shape index (κ3) is 5.24. The number of fused-ring (bicyclic) bond motifs is 3. The van der Waals surface area contributed by atoms with E-state index in [9.17, 15) is 19.5 Å². The second-order valence-corrected chi connectivity index (χ2v) is 8.67. The molecule has 0 aliphatic carbocycles. The van der Waals surface area contributed by atoms with Gasteiger partial charge in [-0.05, 0) is 30.0 Å². The molecule has 2 aliphatic heterocycles. The molecule has 0 spiro atoms. The van der Waals surface area contributed by atoms with Gasteiger partial charge in [0.2, 0.25) is 0 Å². The number of aliphatic hydroxyl groups excluding tert-OH is 1. The van der Waals surface area contributed by atoms with Crippen molar-refractivity contribution in [3.8, 4) is 11.5 Å². The maximum absolute atomic E-state index is 13.8. The first kappa shape index (κ1) is 26.0. The van der Waals surface area contributed by atoms with E-state index in [2.05, 4.69) is 11.3 Å². The Labute approximate surface area is 215 Å². The summed E-state index contributed by atoms with van der Waals surface area (Å²) >= 11 is 0. The molecule has 1 unspecified atom stereocenters. The SMILES string of the molecule is C=CCOC(=O)N1c2cc(OCCCC(=O)OC)c(OC)cc2C(=O)N2Cc3ccccc3C[C@H]2C1O. The lowest BCUT2D eigenvalue weighted by atomic mass is 9.93. The second-order valence-electron chi connectivity index (χ2n) is 8.67. The van der Waals surface area contributed by atoms with Gasteiger partial charge >= 0.3 is 12.1 Å². The molecule has 0 aromatic heterocycles. The number of ether oxygens (including phenoxy) is 4. The molecule has 2 aliphatic rings. The van der Waals surface area contributed by atoms with E-state index in [1.165, 1.54) is 32.4 Å². The van der Waals surface area contributed by atoms with Crippen molar-refractivity contribution in [3.63, 3.8) is 0 Å². The fourth-order valence-electron chi connectivity index (χ4n) is 4.60. The Kier molecular flexibility index (Phi) is 7.98. The average molecular weight is 511 g/mol. The molecule has 2 heterocycles. The summed E-state index contributed by atoms with van der Waals surface area (Å²) in [4.78, 5) is 41.1. The van der Waals surface area contributed by atoms with Crippen molar-refractivity contribution in [2.45, 2.75) is 38.1 Å². The van der Waals surface area contributed by atoms with E-state index in [-0.39, 0.29) is 60.8 Å². The summed E-state index contributed by atoms with van der Waals surface area (Å²) in [7, 11) is 2.75. The van der Waals surface area contributed by atoms with Crippen LogP contribution in [0.25, 0.3) is 0 Å². The summed E-state index contributed by atoms with van der Waals surface area (Å²) in [6.07, 6.45) is 0.101. The summed E-state index contributed by atoms with van der Waals surface area (Å²) in [5.41, 5.74) is 2.26. The Bertz CT molecular complexity index is 1200. The van der Waals surface area contributed by atoms with Crippen molar-refractivity contribution < 1.29 is 38.4 Å². The van der Waals surface area contributed by atoms with Crippen LogP contribution in [0.3, 0.4) is 0 Å². The number of amides is 2. The maximum atomic E-state index is 13.8. The van der Waals surface area contributed by atoms with Crippen LogP contribution in [0.1, 0.15) is 34.3 Å². The monoisotopic (exact) mass is 510 g/mol. The number of carbonyl (C=O) groups is 3. The van der Waals surface area contributed by atoms with E-state index in [0.29, 0.717) is 12.8 Å². The maximum Gasteiger partial charge on any atom is 0.416 e. The van der Waals surface area contributed by atoms with E-state index in [1.54, 1.807) is 4.90 Å². The summed E-state index contributed by atoms with van der Waals surface area (Å²) < 4.78 is 21.3. The van der Waals surface area contributed by atoms with Gasteiger partial charge in [-0.25, -0.2) is 9.69 Å². The summed E-state index contributed by atoms with van der Waals surface area (Å²) in [6.45, 7) is 3.93. The van der Waals surface area contributed by atoms with Gasteiger partial charge in [0, 0.05) is 19.0 Å². The molecule has 10 heteroatoms. The van der Waals surface area contributed by atoms with Gasteiger partial charge in [-0.15, -0.1) is 0 Å². The number of hydrogen-bond acceptors (Lipinski definition) is 8. The molecular weight excluding hydrogens is 480 g/mol. The lowest BCUT2D eigenvalue weighted by Crippen LogP contribution is -2.55. The number of carbonyl (C=O) groups excluding carboxylic acids is 3. The highest BCUT2D eigenvalue weighted by molar-refractivity contribution is 6.06. The summed E-state index contributed by atoms with van der Waals surface area (Å²) in [6, 6.07) is 9.97. The number of benzene rings is 2. The summed E-state index contributed by atoms with van der Waals surface area (Å²) in [5.74, 6) is -0.200. The largest absolute Gasteiger partial charge is 0.493 e. The molecule has 2 amide bonds. The molecule has 2 aromatic carbocycles. The van der Waals surface area contributed by atoms with Crippen molar-refractivity contribution in [1.29, 1.82) is 0 Å². The fraction of sp³-hybridized carbons (Fsp3) is 0.370. The zero-order valence-corrected chi connectivity index (χ0v) is 20.8. The number of anilines is 1. The van der Waals surface area contributed by atoms with Gasteiger partial charge in [0.15, 0.2) is 17.7 Å². The van der Waals surface area contributed by atoms with Gasteiger partial charge in [-0.3, -0.25) is 9.59 Å². The molecule has 0 saturated heterocycles. The summed E-state index contributed by atoms with van der Waals surface area (Å²) in [5, 5.41) is 11.5. The number of hydrogen-bond donors (Lipinski definition) is 1. The van der Waals surface area contributed by atoms with Crippen LogP contribution in [0.15, 0.2) is 49.1 Å². The molecule has 0 saturated carbocycles. The molecule has 4 rings (SSSR count). The molecule has 37 heavy (non-hydrogen) atoms. The van der Waals surface area contributed by atoms with Crippen molar-refractivity contribution in [2.24, 2.45) is 0 Å². The number of esters is 1. The highest BCUT2D eigenvalue weighted by Gasteiger charge is 2.45. The zero-order valence-electron chi connectivity index (χ0n) is 20.8. The Hall–Kier alpha value is -4.05. The van der Waals surface area contributed by atoms with Crippen LogP contribution < -0.4 is 14.4 Å². The van der Waals surface area contributed by atoms with Crippen LogP contribution in [-0.2, 0) is 27.2 Å². The predicted octanol–water partition coefficient (Wildman–Crippen LogP) is 3.06. The first-order chi connectivity index (χ1) is 17.9. The van der Waals surface area contributed by atoms with E-state index in [1.807, 2.05) is 24.3 Å². The normalized spacial score (nSPS) is 18.1. The minimum atomic E-state index is -1.39. The molecule has 2 atom stereocenters. The van der Waals surface area contributed by atoms with Gasteiger partial charge in [0.25, 0.3) is 5.91 Å². The predicted molar refractivity (Wildman–Crippen MR) is 134 cm³/mol. The molecule has 196 valence electrons. The molecule has 0 radical (unpaired) electrons. The van der Waals surface area contributed by atoms with Crippen LogP contribution in [0, 0.1) is 0 Å². The average Bonchev–Trinajstić information content (AvgIpc) is 3.00. The van der Waals surface area contributed by atoms with E-state index >= 15 is 0 Å². The van der Waals surface area contributed by atoms with Gasteiger partial charge < -0.3 is 29.0 Å². The first-order valence-corrected chi connectivity index (χ1v) is 11.9. The van der Waals surface area contributed by atoms with Crippen LogP contribution in [0.4, 0.5) is 10.5 Å². The van der Waals surface area contributed by atoms with Gasteiger partial charge in [-0.2, -0.15) is 0 Å². The topological polar surface area (TPSA) is 115 Å². The van der Waals surface area contributed by atoms with Gasteiger partial charge in [0.05, 0.1) is 38.1 Å². The lowest BCUT2D eigenvalue weighted by molar-refractivity contribution is -0.140. The minimum Gasteiger partial charge on any atom is -0.493 e. The second kappa shape index (κ2) is 11.3. The number of rotatable bonds is 8. The third-order valence-corrected chi connectivity index (χ3v) is 6.46. The van der Waals surface area contributed by atoms with E-state index in [4.69, 9.17) is 14.2 Å². The third-order valence-electron chi connectivity index (χ3n) is 6.46. The lowest BCUT2D eigenvalue weighted by Gasteiger charge is -2.39. The van der Waals surface area contributed by atoms with Crippen molar-refractivity contribution in [2.75, 3.05) is 32.3 Å². The zero-order chi connectivity index (χ0) is 26.5. The molecule has 0 fully saturated rings. The van der Waals surface area contributed by atoms with Crippen molar-refractivity contribution in [3.05, 3.63) is 65.7 Å². The highest BCUT2D eigenvalue weighted by atomic mass is 16.6. The first-order valence-electron chi connectivity index (χ1n) is 11.9. The number of methoxy groups -OCH3 is 2. The Balaban J connectivity index is 1.75. The number of nitrogens with zero attached hydrogens (tertiary/aromatic N) is 2. The molecular formula is C27H30N2O8. The van der Waals surface area contributed by atoms with E-state index < -0.39 is 18.4 Å². The molecule has 1 N–H and O–H groups in total. The Morgan fingerprint density at radius 3 is 2.62 bits per heavy atom. The smallest absolute Gasteiger partial charge is 0.416 e. The molecule has 2 aromatic rings. The fourth-order valence-corrected chi connectivity index (χ4v) is 4.60. The van der Waals surface area contributed by atoms with Crippen molar-refractivity contribution >= 4 is 23.7 Å². The van der Waals surface area contributed by atoms with Crippen LogP contribution in [0.5, 0.6) is 11.5 Å². The molecule has 10 nitrogen and oxygen atoms in total. The van der Waals surface area contributed by atoms with Crippen LogP contribution in [-0.4, -0.2) is 67.7 Å².